The first-order valence-electron chi connectivity index (χ1n) is 6.72. The normalized spacial score (nSPS) is 12.8. The average Bonchev–Trinajstić information content (AvgIpc) is 2.76. The van der Waals surface area contributed by atoms with Crippen molar-refractivity contribution in [1.82, 2.24) is 4.57 Å². The fraction of sp³-hybridized carbons (Fsp3) is 0.176. The molecule has 0 aliphatic rings. The first-order valence-corrected chi connectivity index (χ1v) is 7.52. The summed E-state index contributed by atoms with van der Waals surface area (Å²) in [6, 6.07) is 10.3. The molecule has 1 atom stereocenters. The van der Waals surface area contributed by atoms with Gasteiger partial charge in [0.05, 0.1) is 6.04 Å². The molecule has 3 rings (SSSR count). The summed E-state index contributed by atoms with van der Waals surface area (Å²) in [6.07, 6.45) is 1.93. The van der Waals surface area contributed by atoms with Crippen LogP contribution in [0.4, 0.5) is 4.39 Å². The molecule has 4 heteroatoms. The van der Waals surface area contributed by atoms with Crippen LogP contribution in [0.15, 0.2) is 47.1 Å². The van der Waals surface area contributed by atoms with Crippen LogP contribution in [-0.2, 0) is 0 Å². The van der Waals surface area contributed by atoms with E-state index in [2.05, 4.69) is 15.9 Å². The fourth-order valence-corrected chi connectivity index (χ4v) is 3.30. The predicted octanol–water partition coefficient (Wildman–Crippen LogP) is 5.17. The third kappa shape index (κ3) is 2.44. The maximum Gasteiger partial charge on any atom is 0.199 e. The highest BCUT2D eigenvalue weighted by Crippen LogP contribution is 2.36. The third-order valence-electron chi connectivity index (χ3n) is 3.85. The van der Waals surface area contributed by atoms with Crippen LogP contribution in [0.25, 0.3) is 10.8 Å². The van der Waals surface area contributed by atoms with Crippen molar-refractivity contribution in [1.29, 1.82) is 0 Å². The number of fused-ring (bicyclic) bond motifs is 1. The van der Waals surface area contributed by atoms with Crippen molar-refractivity contribution in [3.8, 4) is 5.88 Å². The molecule has 0 aliphatic heterocycles. The number of hydrogen-bond acceptors (Lipinski definition) is 1. The van der Waals surface area contributed by atoms with Gasteiger partial charge in [-0.3, -0.25) is 0 Å². The van der Waals surface area contributed by atoms with Crippen LogP contribution in [0.3, 0.4) is 0 Å². The van der Waals surface area contributed by atoms with Gasteiger partial charge < -0.3 is 9.67 Å². The Balaban J connectivity index is 2.14. The number of halogens is 2. The van der Waals surface area contributed by atoms with Crippen LogP contribution in [0.2, 0.25) is 0 Å². The smallest absolute Gasteiger partial charge is 0.199 e. The Labute approximate surface area is 131 Å². The van der Waals surface area contributed by atoms with E-state index in [1.54, 1.807) is 12.1 Å². The summed E-state index contributed by atoms with van der Waals surface area (Å²) in [5.41, 5.74) is 1.96. The van der Waals surface area contributed by atoms with E-state index in [9.17, 15) is 9.50 Å². The quantitative estimate of drug-likeness (QED) is 0.679. The van der Waals surface area contributed by atoms with Gasteiger partial charge >= 0.3 is 0 Å². The van der Waals surface area contributed by atoms with Crippen molar-refractivity contribution in [2.45, 2.75) is 19.9 Å². The van der Waals surface area contributed by atoms with Gasteiger partial charge in [-0.05, 0) is 49.2 Å². The SMILES string of the molecule is Cc1cc(Br)cc2cn([C@@H](C)c3ccc(F)cc3)c(O)c12. The largest absolute Gasteiger partial charge is 0.494 e. The van der Waals surface area contributed by atoms with Crippen molar-refractivity contribution in [2.75, 3.05) is 0 Å². The second-order valence-electron chi connectivity index (χ2n) is 5.27. The average molecular weight is 348 g/mol. The molecule has 1 heterocycles. The van der Waals surface area contributed by atoms with Gasteiger partial charge in [0.1, 0.15) is 5.82 Å². The zero-order valence-electron chi connectivity index (χ0n) is 11.8. The standard InChI is InChI=1S/C17H15BrFNO/c1-10-7-14(18)8-13-9-20(17(21)16(10)13)11(2)12-3-5-15(19)6-4-12/h3-9,11,21H,1-2H3/t11-/m0/s1. The van der Waals surface area contributed by atoms with Gasteiger partial charge in [-0.1, -0.05) is 28.1 Å². The number of rotatable bonds is 2. The fourth-order valence-electron chi connectivity index (χ4n) is 2.71. The number of nitrogens with zero attached hydrogens (tertiary/aromatic N) is 1. The molecule has 0 fully saturated rings. The van der Waals surface area contributed by atoms with Crippen molar-refractivity contribution in [2.24, 2.45) is 0 Å². The summed E-state index contributed by atoms with van der Waals surface area (Å²) in [7, 11) is 0. The zero-order valence-corrected chi connectivity index (χ0v) is 13.4. The first-order chi connectivity index (χ1) is 9.97. The molecule has 1 N–H and O–H groups in total. The lowest BCUT2D eigenvalue weighted by Gasteiger charge is -2.15. The Morgan fingerprint density at radius 1 is 1.19 bits per heavy atom. The number of aromatic hydroxyl groups is 1. The van der Waals surface area contributed by atoms with Crippen LogP contribution in [0.1, 0.15) is 24.1 Å². The molecule has 1 aromatic heterocycles. The van der Waals surface area contributed by atoms with Gasteiger partial charge in [-0.2, -0.15) is 0 Å². The van der Waals surface area contributed by atoms with Crippen LogP contribution < -0.4 is 0 Å². The van der Waals surface area contributed by atoms with E-state index in [4.69, 9.17) is 0 Å². The van der Waals surface area contributed by atoms with Gasteiger partial charge in [0.2, 0.25) is 0 Å². The van der Waals surface area contributed by atoms with E-state index >= 15 is 0 Å². The zero-order chi connectivity index (χ0) is 15.1. The van der Waals surface area contributed by atoms with Crippen LogP contribution in [0, 0.1) is 12.7 Å². The summed E-state index contributed by atoms with van der Waals surface area (Å²) in [4.78, 5) is 0. The Kier molecular flexibility index (Phi) is 3.49. The van der Waals surface area contributed by atoms with E-state index in [0.717, 1.165) is 26.4 Å². The summed E-state index contributed by atoms with van der Waals surface area (Å²) in [5.74, 6) is -0.0144. The lowest BCUT2D eigenvalue weighted by molar-refractivity contribution is 0.412. The Hall–Kier alpha value is -1.81. The van der Waals surface area contributed by atoms with Gasteiger partial charge in [-0.25, -0.2) is 4.39 Å². The van der Waals surface area contributed by atoms with Gasteiger partial charge in [0.15, 0.2) is 5.88 Å². The number of benzene rings is 2. The molecule has 0 saturated heterocycles. The number of aryl methyl sites for hydroxylation is 1. The predicted molar refractivity (Wildman–Crippen MR) is 86.3 cm³/mol. The lowest BCUT2D eigenvalue weighted by Crippen LogP contribution is -2.04. The van der Waals surface area contributed by atoms with Crippen molar-refractivity contribution in [3.63, 3.8) is 0 Å². The molecule has 108 valence electrons. The van der Waals surface area contributed by atoms with E-state index in [1.807, 2.05) is 36.7 Å². The van der Waals surface area contributed by atoms with Crippen molar-refractivity contribution < 1.29 is 9.50 Å². The first kappa shape index (κ1) is 14.1. The highest BCUT2D eigenvalue weighted by molar-refractivity contribution is 9.10. The second kappa shape index (κ2) is 5.19. The minimum absolute atomic E-state index is 0.0730. The van der Waals surface area contributed by atoms with Crippen LogP contribution in [0.5, 0.6) is 5.88 Å². The molecule has 0 radical (unpaired) electrons. The van der Waals surface area contributed by atoms with Gasteiger partial charge in [0.25, 0.3) is 0 Å². The lowest BCUT2D eigenvalue weighted by atomic mass is 10.1. The molecule has 0 spiro atoms. The van der Waals surface area contributed by atoms with Gasteiger partial charge in [-0.15, -0.1) is 0 Å². The molecule has 0 amide bonds. The van der Waals surface area contributed by atoms with Crippen LogP contribution >= 0.6 is 15.9 Å². The highest BCUT2D eigenvalue weighted by atomic mass is 79.9. The van der Waals surface area contributed by atoms with Crippen LogP contribution in [-0.4, -0.2) is 9.67 Å². The van der Waals surface area contributed by atoms with Crippen molar-refractivity contribution >= 4 is 26.7 Å². The molecule has 0 bridgehead atoms. The molecular weight excluding hydrogens is 333 g/mol. The second-order valence-corrected chi connectivity index (χ2v) is 6.19. The molecule has 3 aromatic rings. The highest BCUT2D eigenvalue weighted by Gasteiger charge is 2.16. The topological polar surface area (TPSA) is 25.2 Å². The third-order valence-corrected chi connectivity index (χ3v) is 4.30. The minimum Gasteiger partial charge on any atom is -0.494 e. The maximum atomic E-state index is 13.0. The van der Waals surface area contributed by atoms with Crippen molar-refractivity contribution in [3.05, 3.63) is 64.0 Å². The molecule has 0 unspecified atom stereocenters. The molecular formula is C17H15BrFNO. The molecule has 0 aliphatic carbocycles. The Morgan fingerprint density at radius 2 is 1.86 bits per heavy atom. The summed E-state index contributed by atoms with van der Waals surface area (Å²) >= 11 is 3.47. The molecule has 2 nitrogen and oxygen atoms in total. The summed E-state index contributed by atoms with van der Waals surface area (Å²) in [6.45, 7) is 3.95. The van der Waals surface area contributed by atoms with E-state index < -0.39 is 0 Å². The summed E-state index contributed by atoms with van der Waals surface area (Å²) < 4.78 is 15.8. The summed E-state index contributed by atoms with van der Waals surface area (Å²) in [5, 5.41) is 12.4. The Morgan fingerprint density at radius 3 is 2.52 bits per heavy atom. The monoisotopic (exact) mass is 347 g/mol. The molecule has 0 saturated carbocycles. The molecule has 21 heavy (non-hydrogen) atoms. The van der Waals surface area contributed by atoms with E-state index in [0.29, 0.717) is 0 Å². The number of hydrogen-bond donors (Lipinski definition) is 1. The van der Waals surface area contributed by atoms with E-state index in [-0.39, 0.29) is 17.7 Å². The Bertz CT molecular complexity index is 808. The van der Waals surface area contributed by atoms with E-state index in [1.165, 1.54) is 12.1 Å². The maximum absolute atomic E-state index is 13.0. The number of aromatic nitrogens is 1. The van der Waals surface area contributed by atoms with Gasteiger partial charge in [0, 0.05) is 21.4 Å². The molecule has 2 aromatic carbocycles. The minimum atomic E-state index is -0.257.